The first-order chi connectivity index (χ1) is 22.6. The van der Waals surface area contributed by atoms with Gasteiger partial charge in [-0.3, -0.25) is 9.11 Å². The summed E-state index contributed by atoms with van der Waals surface area (Å²) in [4.78, 5) is 26.1. The number of benzene rings is 2. The lowest BCUT2D eigenvalue weighted by Crippen LogP contribution is -2.24. The Hall–Kier alpha value is -4.28. The summed E-state index contributed by atoms with van der Waals surface area (Å²) < 4.78 is 69.3. The molecule has 0 radical (unpaired) electrons. The van der Waals surface area contributed by atoms with Crippen molar-refractivity contribution in [3.05, 3.63) is 58.1 Å². The number of aromatic nitrogens is 6. The quantitative estimate of drug-likeness (QED) is 0.0800. The number of rotatable bonds is 14. The molecule has 22 heteroatoms. The van der Waals surface area contributed by atoms with Crippen LogP contribution >= 0.6 is 23.2 Å². The van der Waals surface area contributed by atoms with E-state index >= 15 is 0 Å². The van der Waals surface area contributed by atoms with Crippen LogP contribution in [0.25, 0.3) is 12.2 Å². The van der Waals surface area contributed by atoms with Crippen LogP contribution in [-0.2, 0) is 20.2 Å². The van der Waals surface area contributed by atoms with Gasteiger partial charge >= 0.3 is 0 Å². The first kappa shape index (κ1) is 36.6. The van der Waals surface area contributed by atoms with Gasteiger partial charge in [0.2, 0.25) is 34.4 Å². The van der Waals surface area contributed by atoms with Gasteiger partial charge in [-0.15, -0.1) is 0 Å². The van der Waals surface area contributed by atoms with Crippen molar-refractivity contribution in [2.45, 2.75) is 9.79 Å². The zero-order chi connectivity index (χ0) is 35.2. The van der Waals surface area contributed by atoms with Crippen molar-refractivity contribution in [2.75, 3.05) is 60.8 Å². The number of anilines is 6. The Labute approximate surface area is 284 Å². The molecule has 4 aromatic rings. The van der Waals surface area contributed by atoms with Gasteiger partial charge in [0.25, 0.3) is 20.2 Å². The Balaban J connectivity index is 1.65. The van der Waals surface area contributed by atoms with Crippen LogP contribution in [0.3, 0.4) is 0 Å². The van der Waals surface area contributed by atoms with E-state index in [-0.39, 0.29) is 83.2 Å². The fourth-order valence-corrected chi connectivity index (χ4v) is 5.75. The molecule has 2 aromatic carbocycles. The topological polar surface area (TPSA) is 257 Å². The average Bonchev–Trinajstić information content (AvgIpc) is 2.99. The van der Waals surface area contributed by atoms with Gasteiger partial charge in [-0.1, -0.05) is 24.3 Å². The Morgan fingerprint density at radius 2 is 1.04 bits per heavy atom. The van der Waals surface area contributed by atoms with Crippen molar-refractivity contribution in [1.29, 1.82) is 0 Å². The van der Waals surface area contributed by atoms with Crippen molar-refractivity contribution >= 4 is 90.8 Å². The molecule has 2 aromatic heterocycles. The van der Waals surface area contributed by atoms with Crippen LogP contribution in [0.1, 0.15) is 11.1 Å². The van der Waals surface area contributed by atoms with Crippen molar-refractivity contribution in [3.8, 4) is 0 Å². The normalized spacial score (nSPS) is 11.9. The average molecular weight is 744 g/mol. The third kappa shape index (κ3) is 9.64. The van der Waals surface area contributed by atoms with Crippen molar-refractivity contribution in [1.82, 2.24) is 29.9 Å². The van der Waals surface area contributed by atoms with Crippen LogP contribution in [0, 0.1) is 0 Å². The molecule has 0 saturated heterocycles. The number of hydrogen-bond acceptors (Lipinski definition) is 16. The molecule has 6 N–H and O–H groups in total. The zero-order valence-electron chi connectivity index (χ0n) is 25.0. The highest BCUT2D eigenvalue weighted by atomic mass is 35.5. The highest BCUT2D eigenvalue weighted by Gasteiger charge is 2.19. The summed E-state index contributed by atoms with van der Waals surface area (Å²) in [6.45, 7) is 0.0446. The van der Waals surface area contributed by atoms with Gasteiger partial charge in [-0.05, 0) is 58.6 Å². The molecule has 256 valence electrons. The van der Waals surface area contributed by atoms with E-state index in [4.69, 9.17) is 23.2 Å². The van der Waals surface area contributed by atoms with Gasteiger partial charge in [0.1, 0.15) is 9.79 Å². The second kappa shape index (κ2) is 15.3. The van der Waals surface area contributed by atoms with E-state index in [1.54, 1.807) is 14.1 Å². The number of nitrogens with one attached hydrogen (secondary N) is 2. The number of hydrogen-bond donors (Lipinski definition) is 6. The lowest BCUT2D eigenvalue weighted by atomic mass is 10.1. The van der Waals surface area contributed by atoms with E-state index in [0.717, 1.165) is 12.1 Å². The van der Waals surface area contributed by atoms with Crippen molar-refractivity contribution < 1.29 is 36.2 Å². The molecule has 0 aliphatic heterocycles. The molecule has 0 atom stereocenters. The Morgan fingerprint density at radius 1 is 0.667 bits per heavy atom. The van der Waals surface area contributed by atoms with Crippen molar-refractivity contribution in [2.24, 2.45) is 0 Å². The second-order valence-corrected chi connectivity index (χ2v) is 13.2. The molecule has 48 heavy (non-hydrogen) atoms. The molecule has 0 bridgehead atoms. The van der Waals surface area contributed by atoms with Crippen molar-refractivity contribution in [3.63, 3.8) is 0 Å². The molecule has 18 nitrogen and oxygen atoms in total. The van der Waals surface area contributed by atoms with E-state index in [2.05, 4.69) is 40.5 Å². The third-order valence-corrected chi connectivity index (χ3v) is 8.44. The van der Waals surface area contributed by atoms with Crippen LogP contribution in [0.5, 0.6) is 0 Å². The zero-order valence-corrected chi connectivity index (χ0v) is 28.2. The third-order valence-electron chi connectivity index (χ3n) is 6.28. The summed E-state index contributed by atoms with van der Waals surface area (Å²) in [5.41, 5.74) is 0.192. The summed E-state index contributed by atoms with van der Waals surface area (Å²) in [6.07, 6.45) is 2.45. The predicted octanol–water partition coefficient (Wildman–Crippen LogP) is 2.37. The number of likely N-dealkylation sites (N-methyl/N-ethyl adjacent to an activating group) is 2. The van der Waals surface area contributed by atoms with E-state index in [9.17, 15) is 36.2 Å². The Morgan fingerprint density at radius 3 is 1.38 bits per heavy atom. The van der Waals surface area contributed by atoms with E-state index < -0.39 is 30.0 Å². The minimum absolute atomic E-state index is 0.0389. The van der Waals surface area contributed by atoms with Crippen LogP contribution in [0.2, 0.25) is 10.6 Å². The van der Waals surface area contributed by atoms with Gasteiger partial charge in [0, 0.05) is 38.6 Å². The fourth-order valence-electron chi connectivity index (χ4n) is 4.02. The van der Waals surface area contributed by atoms with Gasteiger partial charge in [0.15, 0.2) is 0 Å². The molecule has 2 heterocycles. The number of aliphatic hydroxyl groups excluding tert-OH is 2. The lowest BCUT2D eigenvalue weighted by Gasteiger charge is -2.16. The van der Waals surface area contributed by atoms with E-state index in [1.807, 2.05) is 0 Å². The number of nitrogens with zero attached hydrogens (tertiary/aromatic N) is 8. The Kier molecular flexibility index (Phi) is 11.6. The maximum absolute atomic E-state index is 12.3. The van der Waals surface area contributed by atoms with Crippen LogP contribution in [0.15, 0.2) is 46.2 Å². The maximum atomic E-state index is 12.3. The molecule has 0 fully saturated rings. The highest BCUT2D eigenvalue weighted by molar-refractivity contribution is 7.86. The van der Waals surface area contributed by atoms with Crippen LogP contribution < -0.4 is 20.4 Å². The SMILES string of the molecule is CN(CCO)c1nc(Cl)nc(Nc2ccc(C=Cc3ccc(Nc4nc(Cl)nc(N(C)CCO)n4)cc3S(=O)(=O)O)c(S(=O)(=O)O)c2)n1. The molecule has 0 saturated carbocycles. The smallest absolute Gasteiger partial charge is 0.295 e. The fraction of sp³-hybridized carbons (Fsp3) is 0.231. The van der Waals surface area contributed by atoms with Gasteiger partial charge in [0.05, 0.1) is 13.2 Å². The summed E-state index contributed by atoms with van der Waals surface area (Å²) in [5.74, 6) is 0.145. The molecule has 0 aliphatic rings. The first-order valence-corrected chi connectivity index (χ1v) is 17.1. The standard InChI is InChI=1S/C26H28Cl2N10O8S2/c1-37(9-11-39)25-33-21(27)31-23(35-25)29-17-7-5-15(19(13-17)47(41,42)43)3-4-16-6-8-18(14-20(16)48(44,45)46)30-24-32-22(28)34-26(36-24)38(2)10-12-40/h3-8,13-14,39-40H,9-12H2,1-2H3,(H,41,42,43)(H,44,45,46)(H,29,31,33,35)(H,30,32,34,36). The lowest BCUT2D eigenvalue weighted by molar-refractivity contribution is 0.303. The first-order valence-electron chi connectivity index (χ1n) is 13.5. The monoisotopic (exact) mass is 742 g/mol. The highest BCUT2D eigenvalue weighted by Crippen LogP contribution is 2.28. The molecule has 0 unspecified atom stereocenters. The maximum Gasteiger partial charge on any atom is 0.295 e. The number of aliphatic hydroxyl groups is 2. The second-order valence-electron chi connectivity index (χ2n) is 9.79. The molecular weight excluding hydrogens is 715 g/mol. The predicted molar refractivity (Wildman–Crippen MR) is 178 cm³/mol. The van der Waals surface area contributed by atoms with Gasteiger partial charge in [-0.2, -0.15) is 46.7 Å². The summed E-state index contributed by atoms with van der Waals surface area (Å²) in [5, 5.41) is 23.6. The molecule has 0 spiro atoms. The number of halogens is 2. The van der Waals surface area contributed by atoms with E-state index in [1.165, 1.54) is 46.2 Å². The van der Waals surface area contributed by atoms with Gasteiger partial charge in [-0.25, -0.2) is 0 Å². The van der Waals surface area contributed by atoms with Crippen LogP contribution in [0.4, 0.5) is 35.2 Å². The summed E-state index contributed by atoms with van der Waals surface area (Å²) >= 11 is 12.0. The largest absolute Gasteiger partial charge is 0.395 e. The Bertz CT molecular complexity index is 1910. The molecule has 4 rings (SSSR count). The molecule has 0 amide bonds. The molecule has 0 aliphatic carbocycles. The van der Waals surface area contributed by atoms with E-state index in [0.29, 0.717) is 0 Å². The minimum atomic E-state index is -4.82. The molecular formula is C26H28Cl2N10O8S2. The van der Waals surface area contributed by atoms with Crippen LogP contribution in [-0.4, -0.2) is 106 Å². The van der Waals surface area contributed by atoms with Gasteiger partial charge < -0.3 is 30.6 Å². The summed E-state index contributed by atoms with van der Waals surface area (Å²) in [6, 6.07) is 7.70. The minimum Gasteiger partial charge on any atom is -0.395 e. The summed E-state index contributed by atoms with van der Waals surface area (Å²) in [7, 11) is -6.41.